The van der Waals surface area contributed by atoms with Crippen LogP contribution < -0.4 is 9.47 Å². The summed E-state index contributed by atoms with van der Waals surface area (Å²) in [5, 5.41) is 0.654. The second kappa shape index (κ2) is 10.0. The van der Waals surface area contributed by atoms with Gasteiger partial charge in [0.2, 0.25) is 0 Å². The van der Waals surface area contributed by atoms with Crippen LogP contribution in [0.5, 0.6) is 11.5 Å². The summed E-state index contributed by atoms with van der Waals surface area (Å²) in [6, 6.07) is 13.0. The molecular weight excluding hydrogens is 454 g/mol. The SMILES string of the molecule is CCOC(=O)C1C(C)=NC2=C(C(=O)C[C@@H](c3ccc(Cl)cc3)C2)[C@H]1c1ccc(OC)cc1OC. The summed E-state index contributed by atoms with van der Waals surface area (Å²) in [5.41, 5.74) is 3.70. The quantitative estimate of drug-likeness (QED) is 0.509. The number of hydrogen-bond donors (Lipinski definition) is 0. The number of ketones is 1. The summed E-state index contributed by atoms with van der Waals surface area (Å²) in [6.07, 6.45) is 0.935. The number of carbonyl (C=O) groups is 2. The minimum Gasteiger partial charge on any atom is -0.497 e. The van der Waals surface area contributed by atoms with Gasteiger partial charge in [-0.3, -0.25) is 14.6 Å². The van der Waals surface area contributed by atoms with Gasteiger partial charge < -0.3 is 14.2 Å². The molecule has 2 aromatic rings. The molecule has 1 aliphatic carbocycles. The van der Waals surface area contributed by atoms with Crippen LogP contribution >= 0.6 is 11.6 Å². The fraction of sp³-hybridized carbons (Fsp3) is 0.370. The van der Waals surface area contributed by atoms with Crippen LogP contribution in [-0.2, 0) is 14.3 Å². The molecule has 0 saturated carbocycles. The van der Waals surface area contributed by atoms with Crippen molar-refractivity contribution in [2.45, 2.75) is 38.5 Å². The van der Waals surface area contributed by atoms with Gasteiger partial charge in [-0.15, -0.1) is 0 Å². The van der Waals surface area contributed by atoms with Gasteiger partial charge in [0, 0.05) is 46.0 Å². The topological polar surface area (TPSA) is 74.2 Å². The molecule has 3 atom stereocenters. The molecule has 2 aliphatic rings. The van der Waals surface area contributed by atoms with Gasteiger partial charge in [0.15, 0.2) is 5.78 Å². The zero-order valence-electron chi connectivity index (χ0n) is 19.8. The first kappa shape index (κ1) is 24.0. The molecule has 1 unspecified atom stereocenters. The summed E-state index contributed by atoms with van der Waals surface area (Å²) in [6.45, 7) is 3.83. The normalized spacial score (nSPS) is 22.1. The van der Waals surface area contributed by atoms with Crippen molar-refractivity contribution in [3.8, 4) is 11.5 Å². The Labute approximate surface area is 204 Å². The molecule has 6 nitrogen and oxygen atoms in total. The molecule has 7 heteroatoms. The van der Waals surface area contributed by atoms with E-state index in [4.69, 9.17) is 30.8 Å². The number of nitrogens with zero attached hydrogens (tertiary/aromatic N) is 1. The van der Waals surface area contributed by atoms with Crippen LogP contribution in [0.2, 0.25) is 5.02 Å². The average Bonchev–Trinajstić information content (AvgIpc) is 2.83. The molecule has 0 spiro atoms. The summed E-state index contributed by atoms with van der Waals surface area (Å²) in [5.74, 6) is -0.504. The van der Waals surface area contributed by atoms with Crippen LogP contribution in [0, 0.1) is 5.92 Å². The molecule has 0 N–H and O–H groups in total. The monoisotopic (exact) mass is 481 g/mol. The Kier molecular flexibility index (Phi) is 7.08. The Bertz CT molecular complexity index is 1170. The van der Waals surface area contributed by atoms with Gasteiger partial charge in [-0.25, -0.2) is 0 Å². The second-order valence-corrected chi connectivity index (χ2v) is 8.95. The fourth-order valence-electron chi connectivity index (χ4n) is 4.98. The minimum absolute atomic E-state index is 0.00220. The molecule has 0 bridgehead atoms. The lowest BCUT2D eigenvalue weighted by Gasteiger charge is -2.37. The van der Waals surface area contributed by atoms with E-state index >= 15 is 0 Å². The first-order chi connectivity index (χ1) is 16.4. The smallest absolute Gasteiger partial charge is 0.315 e. The Morgan fingerprint density at radius 1 is 1.09 bits per heavy atom. The zero-order chi connectivity index (χ0) is 24.4. The number of hydrogen-bond acceptors (Lipinski definition) is 6. The molecule has 0 fully saturated rings. The second-order valence-electron chi connectivity index (χ2n) is 8.51. The predicted octanol–water partition coefficient (Wildman–Crippen LogP) is 5.50. The van der Waals surface area contributed by atoms with Gasteiger partial charge in [-0.2, -0.15) is 0 Å². The Morgan fingerprint density at radius 3 is 2.47 bits per heavy atom. The van der Waals surface area contributed by atoms with Crippen LogP contribution in [-0.4, -0.2) is 38.3 Å². The van der Waals surface area contributed by atoms with Gasteiger partial charge in [-0.05, 0) is 49.9 Å². The van der Waals surface area contributed by atoms with Crippen LogP contribution in [0.1, 0.15) is 49.7 Å². The van der Waals surface area contributed by atoms with E-state index in [-0.39, 0.29) is 18.3 Å². The van der Waals surface area contributed by atoms with Crippen molar-refractivity contribution in [1.29, 1.82) is 0 Å². The first-order valence-electron chi connectivity index (χ1n) is 11.3. The molecule has 34 heavy (non-hydrogen) atoms. The summed E-state index contributed by atoms with van der Waals surface area (Å²) in [7, 11) is 3.14. The number of halogens is 1. The van der Waals surface area contributed by atoms with E-state index in [2.05, 4.69) is 0 Å². The third-order valence-corrected chi connectivity index (χ3v) is 6.80. The molecular formula is C27H28ClNO5. The lowest BCUT2D eigenvalue weighted by molar-refractivity contribution is -0.146. The van der Waals surface area contributed by atoms with Crippen molar-refractivity contribution in [3.05, 3.63) is 69.9 Å². The number of ether oxygens (including phenoxy) is 3. The Morgan fingerprint density at radius 2 is 1.82 bits per heavy atom. The molecule has 1 heterocycles. The first-order valence-corrected chi connectivity index (χ1v) is 11.7. The number of carbonyl (C=O) groups excluding carboxylic acids is 2. The maximum absolute atomic E-state index is 13.6. The highest BCUT2D eigenvalue weighted by Crippen LogP contribution is 2.49. The predicted molar refractivity (Wildman–Crippen MR) is 131 cm³/mol. The standard InChI is InChI=1S/C27H28ClNO5/c1-5-34-27(31)24-15(2)29-21-12-17(16-6-8-18(28)9-7-16)13-22(30)26(21)25(24)20-11-10-19(32-3)14-23(20)33-4/h6-11,14,17,24-25H,5,12-13H2,1-4H3/t17-,24?,25-/m0/s1. The number of methoxy groups -OCH3 is 2. The van der Waals surface area contributed by atoms with Crippen LogP contribution in [0.25, 0.3) is 0 Å². The van der Waals surface area contributed by atoms with Gasteiger partial charge in [0.05, 0.1) is 20.8 Å². The number of rotatable bonds is 6. The van der Waals surface area contributed by atoms with Crippen LogP contribution in [0.15, 0.2) is 58.7 Å². The van der Waals surface area contributed by atoms with E-state index in [9.17, 15) is 9.59 Å². The highest BCUT2D eigenvalue weighted by molar-refractivity contribution is 6.30. The number of Topliss-reactive ketones (excluding diaryl/α,β-unsaturated/α-hetero) is 1. The maximum Gasteiger partial charge on any atom is 0.315 e. The van der Waals surface area contributed by atoms with Crippen molar-refractivity contribution in [2.24, 2.45) is 10.9 Å². The van der Waals surface area contributed by atoms with E-state index < -0.39 is 17.8 Å². The number of esters is 1. The highest BCUT2D eigenvalue weighted by atomic mass is 35.5. The Balaban J connectivity index is 1.84. The van der Waals surface area contributed by atoms with E-state index in [1.165, 1.54) is 0 Å². The summed E-state index contributed by atoms with van der Waals surface area (Å²) >= 11 is 6.05. The number of aliphatic imine (C=N–C) groups is 1. The summed E-state index contributed by atoms with van der Waals surface area (Å²) < 4.78 is 16.4. The third-order valence-electron chi connectivity index (χ3n) is 6.55. The average molecular weight is 482 g/mol. The molecule has 178 valence electrons. The molecule has 0 saturated heterocycles. The largest absolute Gasteiger partial charge is 0.497 e. The highest BCUT2D eigenvalue weighted by Gasteiger charge is 2.45. The summed E-state index contributed by atoms with van der Waals surface area (Å²) in [4.78, 5) is 31.5. The zero-order valence-corrected chi connectivity index (χ0v) is 20.5. The van der Waals surface area contributed by atoms with Crippen molar-refractivity contribution < 1.29 is 23.8 Å². The number of allylic oxidation sites excluding steroid dienone is 2. The van der Waals surface area contributed by atoms with Crippen LogP contribution in [0.3, 0.4) is 0 Å². The molecule has 2 aromatic carbocycles. The van der Waals surface area contributed by atoms with Gasteiger partial charge in [-0.1, -0.05) is 29.8 Å². The maximum atomic E-state index is 13.6. The molecule has 0 amide bonds. The fourth-order valence-corrected chi connectivity index (χ4v) is 5.11. The van der Waals surface area contributed by atoms with Crippen molar-refractivity contribution in [2.75, 3.05) is 20.8 Å². The van der Waals surface area contributed by atoms with Gasteiger partial charge in [0.25, 0.3) is 0 Å². The van der Waals surface area contributed by atoms with E-state index in [0.717, 1.165) is 16.8 Å². The van der Waals surface area contributed by atoms with Crippen molar-refractivity contribution >= 4 is 29.1 Å². The minimum atomic E-state index is -0.711. The Hall–Kier alpha value is -3.12. The lowest BCUT2D eigenvalue weighted by Crippen LogP contribution is -2.38. The van der Waals surface area contributed by atoms with Crippen molar-refractivity contribution in [1.82, 2.24) is 0 Å². The molecule has 1 aliphatic heterocycles. The molecule has 4 rings (SSSR count). The van der Waals surface area contributed by atoms with E-state index in [1.807, 2.05) is 43.3 Å². The van der Waals surface area contributed by atoms with Crippen molar-refractivity contribution in [3.63, 3.8) is 0 Å². The molecule has 0 radical (unpaired) electrons. The van der Waals surface area contributed by atoms with Gasteiger partial charge in [0.1, 0.15) is 17.4 Å². The molecule has 0 aromatic heterocycles. The van der Waals surface area contributed by atoms with E-state index in [1.54, 1.807) is 27.2 Å². The number of benzene rings is 2. The van der Waals surface area contributed by atoms with Gasteiger partial charge >= 0.3 is 5.97 Å². The lowest BCUT2D eigenvalue weighted by atomic mass is 9.69. The third kappa shape index (κ3) is 4.47. The van der Waals surface area contributed by atoms with E-state index in [0.29, 0.717) is 40.6 Å². The van der Waals surface area contributed by atoms with Crippen LogP contribution in [0.4, 0.5) is 0 Å².